The number of hydrogen-bond donors (Lipinski definition) is 2. The number of amides is 1. The predicted molar refractivity (Wildman–Crippen MR) is 81.3 cm³/mol. The molecule has 1 unspecified atom stereocenters. The summed E-state index contributed by atoms with van der Waals surface area (Å²) in [5.74, 6) is -0.262. The molecule has 8 heteroatoms. The number of halogens is 2. The number of nitrogen functional groups attached to an aromatic ring is 1. The van der Waals surface area contributed by atoms with Crippen molar-refractivity contribution in [2.24, 2.45) is 0 Å². The van der Waals surface area contributed by atoms with Gasteiger partial charge in [-0.25, -0.2) is 4.98 Å². The lowest BCUT2D eigenvalue weighted by atomic mass is 10.2. The molecule has 0 fully saturated rings. The van der Waals surface area contributed by atoms with E-state index in [-0.39, 0.29) is 16.0 Å². The van der Waals surface area contributed by atoms with Crippen molar-refractivity contribution in [2.45, 2.75) is 17.4 Å². The monoisotopic (exact) mass is 331 g/mol. The summed E-state index contributed by atoms with van der Waals surface area (Å²) in [6.45, 7) is 1.73. The maximum absolute atomic E-state index is 12.1. The first kappa shape index (κ1) is 15.0. The van der Waals surface area contributed by atoms with Crippen LogP contribution in [0.25, 0.3) is 0 Å². The summed E-state index contributed by atoms with van der Waals surface area (Å²) in [6, 6.07) is 3.05. The van der Waals surface area contributed by atoms with E-state index in [9.17, 15) is 4.79 Å². The number of rotatable bonds is 4. The Bertz CT molecular complexity index is 596. The van der Waals surface area contributed by atoms with Crippen molar-refractivity contribution in [1.82, 2.24) is 4.98 Å². The van der Waals surface area contributed by atoms with Crippen LogP contribution < -0.4 is 11.1 Å². The number of nitrogens with two attached hydrogens (primary N) is 1. The Hall–Kier alpha value is -1.37. The van der Waals surface area contributed by atoms with Crippen molar-refractivity contribution in [3.05, 3.63) is 34.6 Å². The number of carbonyl (C=O) groups excluding carboxylic acids is 1. The zero-order valence-corrected chi connectivity index (χ0v) is 12.7. The van der Waals surface area contributed by atoms with Gasteiger partial charge >= 0.3 is 0 Å². The van der Waals surface area contributed by atoms with E-state index in [1.54, 1.807) is 6.92 Å². The molecule has 5 nitrogen and oxygen atoms in total. The number of hydrogen-bond acceptors (Lipinski definition) is 5. The van der Waals surface area contributed by atoms with Gasteiger partial charge in [0.1, 0.15) is 6.26 Å². The second kappa shape index (κ2) is 6.39. The zero-order chi connectivity index (χ0) is 14.7. The molecule has 3 N–H and O–H groups in total. The molecule has 106 valence electrons. The van der Waals surface area contributed by atoms with Crippen LogP contribution in [-0.4, -0.2) is 16.1 Å². The second-order valence-corrected chi connectivity index (χ2v) is 6.01. The third-order valence-electron chi connectivity index (χ3n) is 2.37. The van der Waals surface area contributed by atoms with Crippen LogP contribution in [0.15, 0.2) is 34.2 Å². The molecule has 0 aliphatic carbocycles. The van der Waals surface area contributed by atoms with E-state index < -0.39 is 5.25 Å². The van der Waals surface area contributed by atoms with Gasteiger partial charge in [0.05, 0.1) is 27.2 Å². The first-order valence-electron chi connectivity index (χ1n) is 5.59. The lowest BCUT2D eigenvalue weighted by molar-refractivity contribution is -0.115. The van der Waals surface area contributed by atoms with Gasteiger partial charge in [0, 0.05) is 5.69 Å². The van der Waals surface area contributed by atoms with E-state index in [4.69, 9.17) is 33.4 Å². The van der Waals surface area contributed by atoms with Crippen molar-refractivity contribution in [3.8, 4) is 0 Å². The summed E-state index contributed by atoms with van der Waals surface area (Å²) in [4.78, 5) is 16.0. The van der Waals surface area contributed by atoms with Crippen LogP contribution in [0.3, 0.4) is 0 Å². The minimum Gasteiger partial charge on any atom is -0.440 e. The Morgan fingerprint density at radius 1 is 1.45 bits per heavy atom. The fourth-order valence-electron chi connectivity index (χ4n) is 1.41. The number of aromatic nitrogens is 1. The Labute approximate surface area is 129 Å². The molecular formula is C12H11Cl2N3O2S. The van der Waals surface area contributed by atoms with Crippen LogP contribution in [-0.2, 0) is 4.79 Å². The minimum absolute atomic E-state index is 0.262. The molecule has 0 radical (unpaired) electrons. The van der Waals surface area contributed by atoms with Crippen molar-refractivity contribution in [3.63, 3.8) is 0 Å². The van der Waals surface area contributed by atoms with Crippen LogP contribution in [0.1, 0.15) is 6.92 Å². The van der Waals surface area contributed by atoms with E-state index >= 15 is 0 Å². The molecule has 0 aliphatic heterocycles. The molecule has 1 amide bonds. The van der Waals surface area contributed by atoms with Crippen molar-refractivity contribution in [2.75, 3.05) is 11.1 Å². The van der Waals surface area contributed by atoms with E-state index in [0.717, 1.165) is 0 Å². The normalized spacial score (nSPS) is 12.2. The molecule has 2 aromatic rings. The minimum atomic E-state index is -0.418. The van der Waals surface area contributed by atoms with Gasteiger partial charge in [0.2, 0.25) is 5.91 Å². The highest BCUT2D eigenvalue weighted by Gasteiger charge is 2.19. The van der Waals surface area contributed by atoms with Crippen LogP contribution in [0, 0.1) is 0 Å². The Balaban J connectivity index is 2.08. The maximum Gasteiger partial charge on any atom is 0.256 e. The topological polar surface area (TPSA) is 81.2 Å². The fraction of sp³-hybridized carbons (Fsp3) is 0.167. The van der Waals surface area contributed by atoms with Crippen molar-refractivity contribution in [1.29, 1.82) is 0 Å². The average molecular weight is 332 g/mol. The highest BCUT2D eigenvalue weighted by Crippen LogP contribution is 2.33. The summed E-state index contributed by atoms with van der Waals surface area (Å²) in [5, 5.41) is 3.25. The van der Waals surface area contributed by atoms with Crippen molar-refractivity contribution >= 4 is 52.2 Å². The number of anilines is 2. The number of carbonyl (C=O) groups is 1. The van der Waals surface area contributed by atoms with Crippen molar-refractivity contribution < 1.29 is 9.21 Å². The van der Waals surface area contributed by atoms with E-state index in [1.807, 2.05) is 0 Å². The molecule has 0 bridgehead atoms. The van der Waals surface area contributed by atoms with E-state index in [0.29, 0.717) is 16.6 Å². The van der Waals surface area contributed by atoms with Gasteiger partial charge in [0.25, 0.3) is 5.22 Å². The summed E-state index contributed by atoms with van der Waals surface area (Å²) >= 11 is 13.2. The molecule has 0 aliphatic rings. The van der Waals surface area contributed by atoms with E-state index in [1.165, 1.54) is 36.4 Å². The summed E-state index contributed by atoms with van der Waals surface area (Å²) in [7, 11) is 0. The Morgan fingerprint density at radius 2 is 2.10 bits per heavy atom. The van der Waals surface area contributed by atoms with Gasteiger partial charge in [-0.15, -0.1) is 0 Å². The van der Waals surface area contributed by atoms with Gasteiger partial charge in [-0.2, -0.15) is 0 Å². The number of benzene rings is 1. The largest absolute Gasteiger partial charge is 0.440 e. The molecule has 0 saturated heterocycles. The number of nitrogens with one attached hydrogen (secondary N) is 1. The third kappa shape index (κ3) is 3.59. The maximum atomic E-state index is 12.1. The van der Waals surface area contributed by atoms with Crippen LogP contribution in [0.5, 0.6) is 0 Å². The highest BCUT2D eigenvalue weighted by molar-refractivity contribution is 8.00. The fourth-order valence-corrected chi connectivity index (χ4v) is 2.71. The Kier molecular flexibility index (Phi) is 4.80. The molecule has 0 spiro atoms. The third-order valence-corrected chi connectivity index (χ3v) is 3.94. The molecular weight excluding hydrogens is 321 g/mol. The van der Waals surface area contributed by atoms with Gasteiger partial charge in [-0.3, -0.25) is 4.79 Å². The smallest absolute Gasteiger partial charge is 0.256 e. The van der Waals surface area contributed by atoms with E-state index in [2.05, 4.69) is 10.3 Å². The number of oxazole rings is 1. The highest BCUT2D eigenvalue weighted by atomic mass is 35.5. The van der Waals surface area contributed by atoms with Gasteiger partial charge in [0.15, 0.2) is 0 Å². The molecule has 1 atom stereocenters. The Morgan fingerprint density at radius 3 is 2.65 bits per heavy atom. The van der Waals surface area contributed by atoms with Gasteiger partial charge in [-0.1, -0.05) is 35.0 Å². The summed E-state index contributed by atoms with van der Waals surface area (Å²) < 4.78 is 5.07. The SMILES string of the molecule is CC(Sc1ncco1)C(=O)Nc1c(Cl)cc(N)cc1Cl. The molecule has 0 saturated carbocycles. The summed E-state index contributed by atoms with van der Waals surface area (Å²) in [6.07, 6.45) is 2.96. The number of nitrogens with zero attached hydrogens (tertiary/aromatic N) is 1. The van der Waals surface area contributed by atoms with Gasteiger partial charge in [-0.05, 0) is 19.1 Å². The zero-order valence-electron chi connectivity index (χ0n) is 10.4. The lowest BCUT2D eigenvalue weighted by Gasteiger charge is -2.13. The standard InChI is InChI=1S/C12H11Cl2N3O2S/c1-6(20-12-16-2-3-19-12)11(18)17-10-8(13)4-7(15)5-9(10)14/h2-6H,15H2,1H3,(H,17,18). The molecule has 2 rings (SSSR count). The molecule has 1 aromatic heterocycles. The quantitative estimate of drug-likeness (QED) is 0.659. The van der Waals surface area contributed by atoms with Crippen LogP contribution in [0.4, 0.5) is 11.4 Å². The lowest BCUT2D eigenvalue weighted by Crippen LogP contribution is -2.22. The summed E-state index contributed by atoms with van der Waals surface area (Å²) in [5.41, 5.74) is 6.37. The molecule has 20 heavy (non-hydrogen) atoms. The van der Waals surface area contributed by atoms with Crippen LogP contribution in [0.2, 0.25) is 10.0 Å². The first-order valence-corrected chi connectivity index (χ1v) is 7.22. The number of thioether (sulfide) groups is 1. The average Bonchev–Trinajstić information content (AvgIpc) is 2.86. The predicted octanol–water partition coefficient (Wildman–Crippen LogP) is 3.68. The first-order chi connectivity index (χ1) is 9.47. The molecule has 1 aromatic carbocycles. The van der Waals surface area contributed by atoms with Crippen LogP contribution >= 0.6 is 35.0 Å². The molecule has 1 heterocycles. The second-order valence-electron chi connectivity index (χ2n) is 3.91. The van der Waals surface area contributed by atoms with Gasteiger partial charge < -0.3 is 15.5 Å².